The molecule has 0 unspecified atom stereocenters. The van der Waals surface area contributed by atoms with Gasteiger partial charge in [-0.3, -0.25) is 10.2 Å². The molecule has 1 aromatic heterocycles. The van der Waals surface area contributed by atoms with Crippen LogP contribution in [0, 0.1) is 5.41 Å². The number of aldehydes is 1. The molecule has 0 aliphatic carbocycles. The highest BCUT2D eigenvalue weighted by atomic mass is 32.2. The lowest BCUT2D eigenvalue weighted by molar-refractivity contribution is 0.112. The van der Waals surface area contributed by atoms with Crippen molar-refractivity contribution in [3.63, 3.8) is 0 Å². The molecule has 1 heterocycles. The zero-order chi connectivity index (χ0) is 20.5. The first-order valence-corrected chi connectivity index (χ1v) is 11.5. The third kappa shape index (κ3) is 3.68. The van der Waals surface area contributed by atoms with Crippen molar-refractivity contribution < 1.29 is 18.3 Å². The van der Waals surface area contributed by atoms with Crippen LogP contribution >= 0.6 is 23.1 Å². The lowest BCUT2D eigenvalue weighted by Gasteiger charge is -2.08. The van der Waals surface area contributed by atoms with Crippen molar-refractivity contribution in [2.75, 3.05) is 6.26 Å². The Labute approximate surface area is 170 Å². The van der Waals surface area contributed by atoms with Crippen LogP contribution in [0.3, 0.4) is 0 Å². The minimum absolute atomic E-state index is 0.0916. The standard InChI is InChI=1S/C19H16N2O4S3/c1-26-19-17(9-16(27-19)18(20)21)28(24,25)14-4-2-3-11(8-14)12-5-6-15(23)13(7-12)10-22/h2-10,23H,1H3,(H3,20,21). The summed E-state index contributed by atoms with van der Waals surface area (Å²) >= 11 is 2.45. The van der Waals surface area contributed by atoms with Crippen LogP contribution in [0.15, 0.2) is 62.5 Å². The number of nitrogens with two attached hydrogens (primary N) is 1. The number of amidine groups is 1. The second-order valence-electron chi connectivity index (χ2n) is 5.80. The van der Waals surface area contributed by atoms with E-state index in [4.69, 9.17) is 11.1 Å². The maximum absolute atomic E-state index is 13.2. The Morgan fingerprint density at radius 3 is 2.54 bits per heavy atom. The summed E-state index contributed by atoms with van der Waals surface area (Å²) in [5.74, 6) is -0.317. The highest BCUT2D eigenvalue weighted by Crippen LogP contribution is 2.37. The number of hydrogen-bond acceptors (Lipinski definition) is 7. The number of phenolic OH excluding ortho intramolecular Hbond substituents is 1. The molecule has 2 aromatic carbocycles. The Bertz CT molecular complexity index is 1180. The molecule has 4 N–H and O–H groups in total. The van der Waals surface area contributed by atoms with Crippen LogP contribution in [0.1, 0.15) is 15.2 Å². The van der Waals surface area contributed by atoms with Gasteiger partial charge in [-0.15, -0.1) is 23.1 Å². The quantitative estimate of drug-likeness (QED) is 0.236. The van der Waals surface area contributed by atoms with Crippen molar-refractivity contribution in [2.24, 2.45) is 5.73 Å². The number of rotatable bonds is 6. The van der Waals surface area contributed by atoms with Gasteiger partial charge in [0.1, 0.15) is 11.6 Å². The van der Waals surface area contributed by atoms with Crippen molar-refractivity contribution in [1.82, 2.24) is 0 Å². The SMILES string of the molecule is CSc1sc(C(=N)N)cc1S(=O)(=O)c1cccc(-c2ccc(O)c(C=O)c2)c1. The van der Waals surface area contributed by atoms with Gasteiger partial charge in [-0.25, -0.2) is 8.42 Å². The first-order chi connectivity index (χ1) is 13.3. The van der Waals surface area contributed by atoms with Crippen molar-refractivity contribution in [1.29, 1.82) is 5.41 Å². The second kappa shape index (κ2) is 7.78. The molecule has 0 atom stereocenters. The summed E-state index contributed by atoms with van der Waals surface area (Å²) in [6.45, 7) is 0. The molecule has 9 heteroatoms. The summed E-state index contributed by atoms with van der Waals surface area (Å²) in [4.78, 5) is 11.7. The number of aromatic hydroxyl groups is 1. The number of thioether (sulfide) groups is 1. The third-order valence-corrected chi connectivity index (χ3v) is 8.38. The number of nitrogen functional groups attached to an aromatic ring is 1. The Balaban J connectivity index is 2.11. The van der Waals surface area contributed by atoms with E-state index < -0.39 is 9.84 Å². The molecule has 0 aliphatic heterocycles. The smallest absolute Gasteiger partial charge is 0.208 e. The summed E-state index contributed by atoms with van der Waals surface area (Å²) in [6, 6.07) is 12.3. The van der Waals surface area contributed by atoms with E-state index in [1.807, 2.05) is 0 Å². The first kappa shape index (κ1) is 20.1. The minimum atomic E-state index is -3.83. The Morgan fingerprint density at radius 1 is 1.18 bits per heavy atom. The van der Waals surface area contributed by atoms with Gasteiger partial charge < -0.3 is 10.8 Å². The van der Waals surface area contributed by atoms with Gasteiger partial charge >= 0.3 is 0 Å². The number of sulfone groups is 1. The number of benzene rings is 2. The fourth-order valence-corrected chi connectivity index (χ4v) is 6.52. The van der Waals surface area contributed by atoms with E-state index in [9.17, 15) is 18.3 Å². The topological polar surface area (TPSA) is 121 Å². The summed E-state index contributed by atoms with van der Waals surface area (Å²) in [5, 5.41) is 17.2. The number of hydrogen-bond donors (Lipinski definition) is 3. The van der Waals surface area contributed by atoms with Crippen LogP contribution in [0.25, 0.3) is 11.1 Å². The predicted octanol–water partition coefficient (Wildman–Crippen LogP) is 3.77. The van der Waals surface area contributed by atoms with Gasteiger partial charge in [-0.05, 0) is 47.7 Å². The molecule has 0 aliphatic rings. The fourth-order valence-electron chi connectivity index (χ4n) is 2.62. The number of carbonyl (C=O) groups excluding carboxylic acids is 1. The lowest BCUT2D eigenvalue weighted by atomic mass is 10.0. The van der Waals surface area contributed by atoms with E-state index >= 15 is 0 Å². The molecule has 0 saturated carbocycles. The molecule has 0 fully saturated rings. The van der Waals surface area contributed by atoms with Gasteiger partial charge in [-0.2, -0.15) is 0 Å². The second-order valence-corrected chi connectivity index (χ2v) is 9.85. The molecule has 3 aromatic rings. The Hall–Kier alpha value is -2.62. The van der Waals surface area contributed by atoms with E-state index in [1.54, 1.807) is 24.5 Å². The average Bonchev–Trinajstić information content (AvgIpc) is 3.14. The van der Waals surface area contributed by atoms with Crippen LogP contribution < -0.4 is 5.73 Å². The molecule has 0 saturated heterocycles. The maximum atomic E-state index is 13.2. The van der Waals surface area contributed by atoms with Crippen molar-refractivity contribution >= 4 is 45.1 Å². The summed E-state index contributed by atoms with van der Waals surface area (Å²) in [6.07, 6.45) is 2.31. The van der Waals surface area contributed by atoms with Crippen LogP contribution in [-0.4, -0.2) is 31.9 Å². The van der Waals surface area contributed by atoms with E-state index in [0.29, 0.717) is 26.5 Å². The van der Waals surface area contributed by atoms with Gasteiger partial charge in [0.2, 0.25) is 9.84 Å². The zero-order valence-electron chi connectivity index (χ0n) is 14.7. The molecule has 0 bridgehead atoms. The number of nitrogens with one attached hydrogen (secondary N) is 1. The van der Waals surface area contributed by atoms with Gasteiger partial charge in [0.25, 0.3) is 0 Å². The molecule has 3 rings (SSSR count). The summed E-state index contributed by atoms with van der Waals surface area (Å²) < 4.78 is 27.0. The molecule has 0 spiro atoms. The zero-order valence-corrected chi connectivity index (χ0v) is 17.1. The van der Waals surface area contributed by atoms with Crippen molar-refractivity contribution in [3.8, 4) is 16.9 Å². The first-order valence-electron chi connectivity index (χ1n) is 7.94. The molecular weight excluding hydrogens is 416 g/mol. The molecule has 144 valence electrons. The van der Waals surface area contributed by atoms with E-state index in [1.165, 1.54) is 42.1 Å². The molecule has 28 heavy (non-hydrogen) atoms. The lowest BCUT2D eigenvalue weighted by Crippen LogP contribution is -2.08. The van der Waals surface area contributed by atoms with E-state index in [-0.39, 0.29) is 26.9 Å². The largest absolute Gasteiger partial charge is 0.507 e. The van der Waals surface area contributed by atoms with Gasteiger partial charge in [0, 0.05) is 0 Å². The van der Waals surface area contributed by atoms with Crippen LogP contribution in [0.2, 0.25) is 0 Å². The monoisotopic (exact) mass is 432 g/mol. The highest BCUT2D eigenvalue weighted by Gasteiger charge is 2.25. The molecule has 0 radical (unpaired) electrons. The van der Waals surface area contributed by atoms with Crippen LogP contribution in [-0.2, 0) is 9.84 Å². The van der Waals surface area contributed by atoms with Crippen molar-refractivity contribution in [3.05, 3.63) is 59.0 Å². The predicted molar refractivity (Wildman–Crippen MR) is 111 cm³/mol. The van der Waals surface area contributed by atoms with E-state index in [0.717, 1.165) is 11.3 Å². The fraction of sp³-hybridized carbons (Fsp3) is 0.0526. The number of phenols is 1. The third-order valence-electron chi connectivity index (χ3n) is 4.04. The normalized spacial score (nSPS) is 11.3. The molecular formula is C19H16N2O4S3. The number of thiophene rings is 1. The Morgan fingerprint density at radius 2 is 1.89 bits per heavy atom. The minimum Gasteiger partial charge on any atom is -0.507 e. The maximum Gasteiger partial charge on any atom is 0.208 e. The highest BCUT2D eigenvalue weighted by molar-refractivity contribution is 8.01. The molecule has 0 amide bonds. The van der Waals surface area contributed by atoms with Gasteiger partial charge in [0.15, 0.2) is 6.29 Å². The molecule has 6 nitrogen and oxygen atoms in total. The average molecular weight is 433 g/mol. The van der Waals surface area contributed by atoms with Gasteiger partial charge in [-0.1, -0.05) is 18.2 Å². The van der Waals surface area contributed by atoms with Crippen molar-refractivity contribution in [2.45, 2.75) is 14.0 Å². The summed E-state index contributed by atoms with van der Waals surface area (Å²) in [5.41, 5.74) is 6.84. The number of carbonyl (C=O) groups is 1. The summed E-state index contributed by atoms with van der Waals surface area (Å²) in [7, 11) is -3.83. The van der Waals surface area contributed by atoms with Gasteiger partial charge in [0.05, 0.1) is 24.4 Å². The van der Waals surface area contributed by atoms with Crippen LogP contribution in [0.5, 0.6) is 5.75 Å². The van der Waals surface area contributed by atoms with Crippen LogP contribution in [0.4, 0.5) is 0 Å². The van der Waals surface area contributed by atoms with E-state index in [2.05, 4.69) is 0 Å². The Kier molecular flexibility index (Phi) is 5.59.